The van der Waals surface area contributed by atoms with Crippen molar-refractivity contribution in [1.82, 2.24) is 9.97 Å². The summed E-state index contributed by atoms with van der Waals surface area (Å²) in [6.45, 7) is 0. The summed E-state index contributed by atoms with van der Waals surface area (Å²) in [4.78, 5) is 8.41. The van der Waals surface area contributed by atoms with Crippen LogP contribution in [-0.4, -0.2) is 9.97 Å². The normalized spacial score (nSPS) is 10.2. The van der Waals surface area contributed by atoms with Crippen molar-refractivity contribution in [3.05, 3.63) is 59.4 Å². The van der Waals surface area contributed by atoms with E-state index in [9.17, 15) is 4.39 Å². The number of nitrogens with zero attached hydrogens (tertiary/aromatic N) is 3. The van der Waals surface area contributed by atoms with Gasteiger partial charge in [-0.15, -0.1) is 11.3 Å². The van der Waals surface area contributed by atoms with Gasteiger partial charge in [0, 0.05) is 17.1 Å². The van der Waals surface area contributed by atoms with Crippen molar-refractivity contribution in [3.8, 4) is 28.0 Å². The van der Waals surface area contributed by atoms with E-state index in [1.54, 1.807) is 24.4 Å². The smallest absolute Gasteiger partial charge is 0.151 e. The number of benzene rings is 1. The number of thiazole rings is 1. The molecule has 0 unspecified atom stereocenters. The zero-order chi connectivity index (χ0) is 13.9. The maximum atomic E-state index is 13.7. The Morgan fingerprint density at radius 2 is 1.95 bits per heavy atom. The van der Waals surface area contributed by atoms with E-state index in [2.05, 4.69) is 16.0 Å². The minimum Gasteiger partial charge on any atom is -0.251 e. The average Bonchev–Trinajstić information content (AvgIpc) is 2.97. The Morgan fingerprint density at radius 3 is 2.65 bits per heavy atom. The van der Waals surface area contributed by atoms with Crippen LogP contribution in [0.3, 0.4) is 0 Å². The van der Waals surface area contributed by atoms with E-state index in [0.29, 0.717) is 10.6 Å². The van der Waals surface area contributed by atoms with Crippen LogP contribution in [0.5, 0.6) is 0 Å². The molecule has 0 atom stereocenters. The molecule has 1 aromatic carbocycles. The van der Waals surface area contributed by atoms with Gasteiger partial charge in [0.2, 0.25) is 0 Å². The lowest BCUT2D eigenvalue weighted by Gasteiger charge is -1.97. The molecular weight excluding hydrogens is 273 g/mol. The van der Waals surface area contributed by atoms with Gasteiger partial charge in [0.25, 0.3) is 0 Å². The number of rotatable bonds is 2. The Labute approximate surface area is 119 Å². The van der Waals surface area contributed by atoms with Gasteiger partial charge in [0.15, 0.2) is 5.82 Å². The first-order valence-electron chi connectivity index (χ1n) is 5.85. The van der Waals surface area contributed by atoms with E-state index in [0.717, 1.165) is 11.3 Å². The van der Waals surface area contributed by atoms with Crippen LogP contribution >= 0.6 is 11.3 Å². The van der Waals surface area contributed by atoms with Gasteiger partial charge in [-0.1, -0.05) is 12.1 Å². The molecule has 0 fully saturated rings. The Hall–Kier alpha value is -2.58. The second-order valence-electron chi connectivity index (χ2n) is 4.06. The van der Waals surface area contributed by atoms with Gasteiger partial charge in [0.05, 0.1) is 17.3 Å². The predicted octanol–water partition coefficient (Wildman–Crippen LogP) is 3.88. The Bertz CT molecular complexity index is 787. The highest BCUT2D eigenvalue weighted by Crippen LogP contribution is 2.29. The number of halogens is 1. The first-order valence-corrected chi connectivity index (χ1v) is 6.73. The minimum atomic E-state index is -0.381. The van der Waals surface area contributed by atoms with Crippen molar-refractivity contribution < 1.29 is 4.39 Å². The molecule has 3 nitrogen and oxygen atoms in total. The molecule has 0 bridgehead atoms. The molecule has 0 radical (unpaired) electrons. The van der Waals surface area contributed by atoms with Crippen LogP contribution in [0.4, 0.5) is 4.39 Å². The summed E-state index contributed by atoms with van der Waals surface area (Å²) in [5.41, 5.74) is 2.50. The number of hydrogen-bond donors (Lipinski definition) is 0. The summed E-state index contributed by atoms with van der Waals surface area (Å²) in [6, 6.07) is 12.1. The highest BCUT2D eigenvalue weighted by molar-refractivity contribution is 7.13. The molecule has 96 valence electrons. The van der Waals surface area contributed by atoms with Crippen molar-refractivity contribution in [2.45, 2.75) is 0 Å². The topological polar surface area (TPSA) is 49.6 Å². The van der Waals surface area contributed by atoms with Gasteiger partial charge in [-0.05, 0) is 24.3 Å². The molecule has 0 aliphatic rings. The second-order valence-corrected chi connectivity index (χ2v) is 4.92. The lowest BCUT2D eigenvalue weighted by Crippen LogP contribution is -1.87. The number of aromatic nitrogens is 2. The SMILES string of the molecule is N#Cc1ccc(-c2csc(-c3ncccc3F)n2)cc1. The van der Waals surface area contributed by atoms with Gasteiger partial charge in [-0.2, -0.15) is 5.26 Å². The standard InChI is InChI=1S/C15H8FN3S/c16-12-2-1-7-18-14(12)15-19-13(9-20-15)11-5-3-10(8-17)4-6-11/h1-7,9H. The van der Waals surface area contributed by atoms with Crippen molar-refractivity contribution >= 4 is 11.3 Å². The quantitative estimate of drug-likeness (QED) is 0.716. The highest BCUT2D eigenvalue weighted by Gasteiger charge is 2.11. The van der Waals surface area contributed by atoms with Gasteiger partial charge >= 0.3 is 0 Å². The summed E-state index contributed by atoms with van der Waals surface area (Å²) in [6.07, 6.45) is 1.54. The fraction of sp³-hybridized carbons (Fsp3) is 0. The van der Waals surface area contributed by atoms with Crippen LogP contribution in [0, 0.1) is 17.1 Å². The molecule has 2 heterocycles. The third-order valence-corrected chi connectivity index (χ3v) is 3.62. The lowest BCUT2D eigenvalue weighted by atomic mass is 10.1. The molecule has 0 amide bonds. The Balaban J connectivity index is 1.98. The second kappa shape index (κ2) is 5.19. The molecular formula is C15H8FN3S. The maximum Gasteiger partial charge on any atom is 0.151 e. The maximum absolute atomic E-state index is 13.7. The molecule has 3 aromatic rings. The van der Waals surface area contributed by atoms with Crippen LogP contribution in [0.1, 0.15) is 5.56 Å². The molecule has 0 aliphatic heterocycles. The van der Waals surface area contributed by atoms with Gasteiger partial charge in [-0.3, -0.25) is 4.98 Å². The van der Waals surface area contributed by atoms with E-state index in [1.165, 1.54) is 17.4 Å². The Morgan fingerprint density at radius 1 is 1.15 bits per heavy atom. The van der Waals surface area contributed by atoms with E-state index in [4.69, 9.17) is 5.26 Å². The number of hydrogen-bond acceptors (Lipinski definition) is 4. The predicted molar refractivity (Wildman–Crippen MR) is 75.5 cm³/mol. The zero-order valence-corrected chi connectivity index (χ0v) is 11.1. The van der Waals surface area contributed by atoms with Crippen molar-refractivity contribution in [3.63, 3.8) is 0 Å². The van der Waals surface area contributed by atoms with Crippen molar-refractivity contribution in [2.75, 3.05) is 0 Å². The van der Waals surface area contributed by atoms with Gasteiger partial charge in [0.1, 0.15) is 10.7 Å². The van der Waals surface area contributed by atoms with E-state index < -0.39 is 0 Å². The first-order chi connectivity index (χ1) is 9.78. The van der Waals surface area contributed by atoms with Gasteiger partial charge in [-0.25, -0.2) is 9.37 Å². The third kappa shape index (κ3) is 2.29. The van der Waals surface area contributed by atoms with Crippen LogP contribution in [0.2, 0.25) is 0 Å². The minimum absolute atomic E-state index is 0.261. The molecule has 0 saturated heterocycles. The summed E-state index contributed by atoms with van der Waals surface area (Å²) >= 11 is 1.34. The number of nitriles is 1. The average molecular weight is 281 g/mol. The van der Waals surface area contributed by atoms with Crippen LogP contribution < -0.4 is 0 Å². The van der Waals surface area contributed by atoms with Crippen LogP contribution in [0.25, 0.3) is 22.0 Å². The molecule has 20 heavy (non-hydrogen) atoms. The molecule has 0 N–H and O–H groups in total. The monoisotopic (exact) mass is 281 g/mol. The molecule has 0 saturated carbocycles. The molecule has 0 aliphatic carbocycles. The van der Waals surface area contributed by atoms with Crippen LogP contribution in [0.15, 0.2) is 48.0 Å². The number of pyridine rings is 1. The van der Waals surface area contributed by atoms with E-state index in [1.807, 2.05) is 17.5 Å². The lowest BCUT2D eigenvalue weighted by molar-refractivity contribution is 0.625. The van der Waals surface area contributed by atoms with Crippen molar-refractivity contribution in [1.29, 1.82) is 5.26 Å². The van der Waals surface area contributed by atoms with Crippen molar-refractivity contribution in [2.24, 2.45) is 0 Å². The summed E-state index contributed by atoms with van der Waals surface area (Å²) in [5.74, 6) is -0.381. The third-order valence-electron chi connectivity index (χ3n) is 2.78. The fourth-order valence-corrected chi connectivity index (χ4v) is 2.60. The largest absolute Gasteiger partial charge is 0.251 e. The summed E-state index contributed by atoms with van der Waals surface area (Å²) in [5, 5.41) is 11.2. The fourth-order valence-electron chi connectivity index (χ4n) is 1.77. The van der Waals surface area contributed by atoms with Gasteiger partial charge < -0.3 is 0 Å². The zero-order valence-electron chi connectivity index (χ0n) is 10.2. The van der Waals surface area contributed by atoms with Crippen LogP contribution in [-0.2, 0) is 0 Å². The molecule has 3 rings (SSSR count). The molecule has 2 aromatic heterocycles. The molecule has 5 heteroatoms. The molecule has 0 spiro atoms. The van der Waals surface area contributed by atoms with E-state index in [-0.39, 0.29) is 11.5 Å². The highest BCUT2D eigenvalue weighted by atomic mass is 32.1. The van der Waals surface area contributed by atoms with E-state index >= 15 is 0 Å². The first kappa shape index (κ1) is 12.5. The summed E-state index contributed by atoms with van der Waals surface area (Å²) in [7, 11) is 0. The Kier molecular flexibility index (Phi) is 3.23. The summed E-state index contributed by atoms with van der Waals surface area (Å²) < 4.78 is 13.7.